The molecule has 0 unspecified atom stereocenters. The zero-order chi connectivity index (χ0) is 10.7. The Hall–Kier alpha value is -1.77. The lowest BCUT2D eigenvalue weighted by atomic mass is 10.2. The third kappa shape index (κ3) is 2.18. The van der Waals surface area contributed by atoms with Crippen molar-refractivity contribution in [2.24, 2.45) is 0 Å². The predicted octanol–water partition coefficient (Wildman–Crippen LogP) is 2.78. The van der Waals surface area contributed by atoms with Gasteiger partial charge in [0.2, 0.25) is 0 Å². The van der Waals surface area contributed by atoms with E-state index in [4.69, 9.17) is 4.74 Å². The number of hydrogen-bond acceptors (Lipinski definition) is 2. The van der Waals surface area contributed by atoms with E-state index in [-0.39, 0.29) is 0 Å². The fourth-order valence-corrected chi connectivity index (χ4v) is 1.46. The maximum atomic E-state index is 5.43. The summed E-state index contributed by atoms with van der Waals surface area (Å²) in [7, 11) is 0. The highest BCUT2D eigenvalue weighted by Crippen LogP contribution is 2.21. The molecule has 0 aliphatic heterocycles. The van der Waals surface area contributed by atoms with Crippen LogP contribution in [0.1, 0.15) is 12.6 Å². The molecule has 2 aromatic rings. The first-order chi connectivity index (χ1) is 7.29. The summed E-state index contributed by atoms with van der Waals surface area (Å²) in [6.07, 6.45) is 1.82. The maximum Gasteiger partial charge on any atom is 0.137 e. The molecule has 78 valence electrons. The average Bonchev–Trinajstić information content (AvgIpc) is 2.66. The number of nitrogens with zero attached hydrogens (tertiary/aromatic N) is 1. The van der Waals surface area contributed by atoms with Gasteiger partial charge >= 0.3 is 0 Å². The lowest BCUT2D eigenvalue weighted by Gasteiger charge is -2.03. The van der Waals surface area contributed by atoms with Gasteiger partial charge in [-0.2, -0.15) is 0 Å². The van der Waals surface area contributed by atoms with Gasteiger partial charge in [-0.3, -0.25) is 0 Å². The van der Waals surface area contributed by atoms with Gasteiger partial charge in [0.05, 0.1) is 6.61 Å². The smallest absolute Gasteiger partial charge is 0.137 e. The molecule has 0 saturated heterocycles. The van der Waals surface area contributed by atoms with Crippen LogP contribution in [-0.4, -0.2) is 16.6 Å². The Morgan fingerprint density at radius 2 is 2.27 bits per heavy atom. The number of rotatable bonds is 3. The van der Waals surface area contributed by atoms with Gasteiger partial charge in [0.25, 0.3) is 0 Å². The van der Waals surface area contributed by atoms with Crippen LogP contribution in [0.3, 0.4) is 0 Å². The monoisotopic (exact) mass is 202 g/mol. The second-order valence-electron chi connectivity index (χ2n) is 3.38. The number of nitrogens with one attached hydrogen (secondary N) is 1. The van der Waals surface area contributed by atoms with Crippen LogP contribution in [0.25, 0.3) is 11.4 Å². The summed E-state index contributed by atoms with van der Waals surface area (Å²) < 4.78 is 5.43. The van der Waals surface area contributed by atoms with E-state index in [0.717, 1.165) is 22.8 Å². The van der Waals surface area contributed by atoms with Crippen molar-refractivity contribution >= 4 is 0 Å². The zero-order valence-electron chi connectivity index (χ0n) is 8.95. The molecule has 1 N–H and O–H groups in total. The fraction of sp³-hybridized carbons (Fsp3) is 0.250. The number of H-pyrrole nitrogens is 1. The Balaban J connectivity index is 2.32. The molecule has 0 aliphatic carbocycles. The van der Waals surface area contributed by atoms with Crippen molar-refractivity contribution in [2.45, 2.75) is 13.8 Å². The van der Waals surface area contributed by atoms with Gasteiger partial charge in [-0.1, -0.05) is 12.1 Å². The van der Waals surface area contributed by atoms with E-state index in [0.29, 0.717) is 6.61 Å². The zero-order valence-corrected chi connectivity index (χ0v) is 8.95. The Bertz CT molecular complexity index is 448. The maximum absolute atomic E-state index is 5.43. The van der Waals surface area contributed by atoms with Crippen molar-refractivity contribution in [1.82, 2.24) is 9.97 Å². The Kier molecular flexibility index (Phi) is 2.72. The molecule has 0 fully saturated rings. The standard InChI is InChI=1S/C12H14N2O/c1-3-15-11-6-4-5-10(7-11)12-13-8-9(2)14-12/h4-8H,3H2,1-2H3,(H,13,14). The van der Waals surface area contributed by atoms with E-state index in [1.807, 2.05) is 44.3 Å². The molecular weight excluding hydrogens is 188 g/mol. The molecule has 0 radical (unpaired) electrons. The van der Waals surface area contributed by atoms with Crippen molar-refractivity contribution in [2.75, 3.05) is 6.61 Å². The lowest BCUT2D eigenvalue weighted by Crippen LogP contribution is -1.91. The number of benzene rings is 1. The van der Waals surface area contributed by atoms with Crippen molar-refractivity contribution < 1.29 is 4.74 Å². The van der Waals surface area contributed by atoms with Gasteiger partial charge in [0, 0.05) is 17.5 Å². The Morgan fingerprint density at radius 1 is 1.40 bits per heavy atom. The highest BCUT2D eigenvalue weighted by molar-refractivity contribution is 5.57. The van der Waals surface area contributed by atoms with Gasteiger partial charge < -0.3 is 9.72 Å². The van der Waals surface area contributed by atoms with E-state index in [1.165, 1.54) is 0 Å². The Labute approximate surface area is 89.1 Å². The van der Waals surface area contributed by atoms with E-state index in [1.54, 1.807) is 0 Å². The van der Waals surface area contributed by atoms with Gasteiger partial charge in [0.1, 0.15) is 11.6 Å². The van der Waals surface area contributed by atoms with Gasteiger partial charge in [0.15, 0.2) is 0 Å². The number of ether oxygens (including phenoxy) is 1. The highest BCUT2D eigenvalue weighted by Gasteiger charge is 2.02. The summed E-state index contributed by atoms with van der Waals surface area (Å²) in [4.78, 5) is 7.47. The summed E-state index contributed by atoms with van der Waals surface area (Å²) in [5.41, 5.74) is 2.11. The van der Waals surface area contributed by atoms with E-state index < -0.39 is 0 Å². The fourth-order valence-electron chi connectivity index (χ4n) is 1.46. The second kappa shape index (κ2) is 4.17. The van der Waals surface area contributed by atoms with Gasteiger partial charge in [-0.15, -0.1) is 0 Å². The molecule has 0 atom stereocenters. The van der Waals surface area contributed by atoms with Crippen molar-refractivity contribution in [3.05, 3.63) is 36.2 Å². The van der Waals surface area contributed by atoms with Crippen molar-refractivity contribution in [3.8, 4) is 17.1 Å². The van der Waals surface area contributed by atoms with Crippen LogP contribution >= 0.6 is 0 Å². The highest BCUT2D eigenvalue weighted by atomic mass is 16.5. The second-order valence-corrected chi connectivity index (χ2v) is 3.38. The summed E-state index contributed by atoms with van der Waals surface area (Å²) in [5.74, 6) is 1.76. The molecule has 3 nitrogen and oxygen atoms in total. The minimum Gasteiger partial charge on any atom is -0.494 e. The number of aromatic nitrogens is 2. The molecule has 0 bridgehead atoms. The molecule has 0 saturated carbocycles. The van der Waals surface area contributed by atoms with Crippen molar-refractivity contribution in [1.29, 1.82) is 0 Å². The first kappa shape index (κ1) is 9.77. The molecule has 1 heterocycles. The molecule has 0 amide bonds. The third-order valence-electron chi connectivity index (χ3n) is 2.12. The predicted molar refractivity (Wildman–Crippen MR) is 59.9 cm³/mol. The number of aryl methyl sites for hydroxylation is 1. The number of aromatic amines is 1. The van der Waals surface area contributed by atoms with Gasteiger partial charge in [-0.05, 0) is 26.0 Å². The van der Waals surface area contributed by atoms with E-state index in [9.17, 15) is 0 Å². The normalized spacial score (nSPS) is 10.3. The molecule has 15 heavy (non-hydrogen) atoms. The van der Waals surface area contributed by atoms with Crippen LogP contribution in [0.4, 0.5) is 0 Å². The summed E-state index contributed by atoms with van der Waals surface area (Å²) in [6.45, 7) is 4.65. The SMILES string of the molecule is CCOc1cccc(-c2ncc(C)[nH]2)c1. The van der Waals surface area contributed by atoms with Crippen LogP contribution in [0.2, 0.25) is 0 Å². The van der Waals surface area contributed by atoms with Crippen LogP contribution in [0, 0.1) is 6.92 Å². The lowest BCUT2D eigenvalue weighted by molar-refractivity contribution is 0.340. The van der Waals surface area contributed by atoms with Crippen LogP contribution in [0.15, 0.2) is 30.5 Å². The average molecular weight is 202 g/mol. The molecule has 1 aromatic heterocycles. The van der Waals surface area contributed by atoms with E-state index >= 15 is 0 Å². The third-order valence-corrected chi connectivity index (χ3v) is 2.12. The molecule has 0 spiro atoms. The van der Waals surface area contributed by atoms with Gasteiger partial charge in [-0.25, -0.2) is 4.98 Å². The van der Waals surface area contributed by atoms with Crippen molar-refractivity contribution in [3.63, 3.8) is 0 Å². The minimum atomic E-state index is 0.681. The van der Waals surface area contributed by atoms with Crippen LogP contribution in [0.5, 0.6) is 5.75 Å². The summed E-state index contributed by atoms with van der Waals surface area (Å²) in [6, 6.07) is 7.92. The molecule has 2 rings (SSSR count). The van der Waals surface area contributed by atoms with Crippen LogP contribution in [-0.2, 0) is 0 Å². The Morgan fingerprint density at radius 3 is 2.93 bits per heavy atom. The molecule has 0 aliphatic rings. The first-order valence-corrected chi connectivity index (χ1v) is 5.04. The summed E-state index contributed by atoms with van der Waals surface area (Å²) in [5, 5.41) is 0. The quantitative estimate of drug-likeness (QED) is 0.831. The molecule has 1 aromatic carbocycles. The molecular formula is C12H14N2O. The number of imidazole rings is 1. The summed E-state index contributed by atoms with van der Waals surface area (Å²) >= 11 is 0. The molecule has 3 heteroatoms. The number of hydrogen-bond donors (Lipinski definition) is 1. The largest absolute Gasteiger partial charge is 0.494 e. The topological polar surface area (TPSA) is 37.9 Å². The minimum absolute atomic E-state index is 0.681. The first-order valence-electron chi connectivity index (χ1n) is 5.04. The van der Waals surface area contributed by atoms with E-state index in [2.05, 4.69) is 9.97 Å². The van der Waals surface area contributed by atoms with Crippen LogP contribution < -0.4 is 4.74 Å².